The van der Waals surface area contributed by atoms with E-state index < -0.39 is 10.0 Å². The second kappa shape index (κ2) is 8.32. The first-order valence-electron chi connectivity index (χ1n) is 7.95. The molecule has 2 aromatic rings. The Kier molecular flexibility index (Phi) is 6.27. The first-order valence-corrected chi connectivity index (χ1v) is 11.4. The second-order valence-electron chi connectivity index (χ2n) is 5.68. The second-order valence-corrected chi connectivity index (χ2v) is 9.17. The molecule has 1 aromatic heterocycles. The van der Waals surface area contributed by atoms with E-state index in [2.05, 4.69) is 9.97 Å². The number of carbonyl (C=O) groups excluding carboxylic acids is 1. The van der Waals surface area contributed by atoms with Gasteiger partial charge in [0.05, 0.1) is 16.2 Å². The number of nitrogens with zero attached hydrogens (tertiary/aromatic N) is 4. The number of thioether (sulfide) groups is 1. The molecule has 0 saturated carbocycles. The smallest absolute Gasteiger partial charge is 0.274 e. The minimum atomic E-state index is -3.72. The molecule has 0 bridgehead atoms. The number of sulfonamides is 1. The van der Waals surface area contributed by atoms with E-state index in [4.69, 9.17) is 23.2 Å². The first kappa shape index (κ1) is 20.3. The molecule has 0 N–H and O–H groups in total. The molecular weight excluding hydrogens is 431 g/mol. The Balaban J connectivity index is 1.74. The van der Waals surface area contributed by atoms with Crippen LogP contribution in [0.5, 0.6) is 0 Å². The van der Waals surface area contributed by atoms with E-state index in [1.165, 1.54) is 39.3 Å². The maximum atomic E-state index is 12.8. The van der Waals surface area contributed by atoms with E-state index >= 15 is 0 Å². The third-order valence-corrected chi connectivity index (χ3v) is 7.32. The number of halogens is 2. The van der Waals surface area contributed by atoms with Gasteiger partial charge in [-0.05, 0) is 18.4 Å². The van der Waals surface area contributed by atoms with Gasteiger partial charge in [-0.2, -0.15) is 4.31 Å². The zero-order chi connectivity index (χ0) is 19.6. The van der Waals surface area contributed by atoms with Gasteiger partial charge >= 0.3 is 0 Å². The Hall–Kier alpha value is -1.39. The fourth-order valence-electron chi connectivity index (χ4n) is 2.67. The number of rotatable bonds is 4. The number of carbonyl (C=O) groups is 1. The van der Waals surface area contributed by atoms with Crippen LogP contribution in [0.4, 0.5) is 0 Å². The molecule has 144 valence electrons. The molecule has 3 rings (SSSR count). The van der Waals surface area contributed by atoms with Gasteiger partial charge in [0, 0.05) is 26.2 Å². The molecule has 1 fully saturated rings. The SMILES string of the molecule is CSc1ncc(Cl)c(C(=O)N2CCN(S(=O)(=O)c3ccccc3Cl)CC2)n1. The number of amides is 1. The molecule has 1 aliphatic rings. The van der Waals surface area contributed by atoms with Crippen LogP contribution in [-0.4, -0.2) is 65.9 Å². The highest BCUT2D eigenvalue weighted by Gasteiger charge is 2.32. The van der Waals surface area contributed by atoms with Crippen LogP contribution < -0.4 is 0 Å². The predicted octanol–water partition coefficient (Wildman–Crippen LogP) is 2.65. The summed E-state index contributed by atoms with van der Waals surface area (Å²) in [5.41, 5.74) is 0.124. The molecule has 0 unspecified atom stereocenters. The summed E-state index contributed by atoms with van der Waals surface area (Å²) in [4.78, 5) is 22.5. The average Bonchev–Trinajstić information content (AvgIpc) is 2.68. The van der Waals surface area contributed by atoms with Crippen molar-refractivity contribution < 1.29 is 13.2 Å². The van der Waals surface area contributed by atoms with Gasteiger partial charge in [-0.3, -0.25) is 4.79 Å². The third kappa shape index (κ3) is 4.22. The van der Waals surface area contributed by atoms with Crippen LogP contribution >= 0.6 is 35.0 Å². The van der Waals surface area contributed by atoms with E-state index in [1.54, 1.807) is 18.4 Å². The summed E-state index contributed by atoms with van der Waals surface area (Å²) in [5, 5.41) is 0.792. The molecule has 0 atom stereocenters. The van der Waals surface area contributed by atoms with E-state index in [-0.39, 0.29) is 52.7 Å². The van der Waals surface area contributed by atoms with Crippen LogP contribution in [0.2, 0.25) is 10.0 Å². The number of hydrogen-bond acceptors (Lipinski definition) is 6. The maximum Gasteiger partial charge on any atom is 0.274 e. The van der Waals surface area contributed by atoms with Crippen molar-refractivity contribution in [2.75, 3.05) is 32.4 Å². The number of piperazine rings is 1. The minimum Gasteiger partial charge on any atom is -0.335 e. The highest BCUT2D eigenvalue weighted by atomic mass is 35.5. The van der Waals surface area contributed by atoms with Crippen molar-refractivity contribution in [3.8, 4) is 0 Å². The molecule has 0 aliphatic carbocycles. The lowest BCUT2D eigenvalue weighted by molar-refractivity contribution is 0.0691. The molecule has 2 heterocycles. The summed E-state index contributed by atoms with van der Waals surface area (Å²) in [7, 11) is -3.72. The first-order chi connectivity index (χ1) is 12.8. The minimum absolute atomic E-state index is 0.0647. The van der Waals surface area contributed by atoms with Crippen LogP contribution in [0.3, 0.4) is 0 Å². The lowest BCUT2D eigenvalue weighted by Crippen LogP contribution is -2.50. The third-order valence-electron chi connectivity index (χ3n) is 4.09. The quantitative estimate of drug-likeness (QED) is 0.530. The van der Waals surface area contributed by atoms with E-state index in [9.17, 15) is 13.2 Å². The Morgan fingerprint density at radius 2 is 1.78 bits per heavy atom. The van der Waals surface area contributed by atoms with Gasteiger partial charge in [0.15, 0.2) is 10.9 Å². The van der Waals surface area contributed by atoms with Crippen LogP contribution in [-0.2, 0) is 10.0 Å². The fourth-order valence-corrected chi connectivity index (χ4v) is 5.10. The normalized spacial score (nSPS) is 15.7. The molecule has 0 radical (unpaired) electrons. The maximum absolute atomic E-state index is 12.8. The zero-order valence-corrected chi connectivity index (χ0v) is 17.4. The van der Waals surface area contributed by atoms with Gasteiger partial charge in [-0.1, -0.05) is 47.1 Å². The molecule has 1 amide bonds. The van der Waals surface area contributed by atoms with Crippen molar-refractivity contribution in [2.45, 2.75) is 10.1 Å². The molecule has 0 spiro atoms. The van der Waals surface area contributed by atoms with Crippen LogP contribution in [0.25, 0.3) is 0 Å². The van der Waals surface area contributed by atoms with Crippen LogP contribution in [0.15, 0.2) is 40.5 Å². The molecule has 1 aliphatic heterocycles. The average molecular weight is 447 g/mol. The largest absolute Gasteiger partial charge is 0.335 e. The Morgan fingerprint density at radius 1 is 1.11 bits per heavy atom. The summed E-state index contributed by atoms with van der Waals surface area (Å²) >= 11 is 13.4. The van der Waals surface area contributed by atoms with Gasteiger partial charge in [0.2, 0.25) is 10.0 Å². The van der Waals surface area contributed by atoms with Gasteiger partial charge in [-0.15, -0.1) is 0 Å². The van der Waals surface area contributed by atoms with E-state index in [0.29, 0.717) is 5.16 Å². The number of hydrogen-bond donors (Lipinski definition) is 0. The Morgan fingerprint density at radius 3 is 2.41 bits per heavy atom. The summed E-state index contributed by atoms with van der Waals surface area (Å²) in [6.07, 6.45) is 3.20. The van der Waals surface area contributed by atoms with Gasteiger partial charge < -0.3 is 4.90 Å². The van der Waals surface area contributed by atoms with E-state index in [0.717, 1.165) is 0 Å². The van der Waals surface area contributed by atoms with Crippen LogP contribution in [0, 0.1) is 0 Å². The van der Waals surface area contributed by atoms with Crippen molar-refractivity contribution >= 4 is 50.9 Å². The van der Waals surface area contributed by atoms with Crippen molar-refractivity contribution in [1.82, 2.24) is 19.2 Å². The van der Waals surface area contributed by atoms with Crippen molar-refractivity contribution in [3.63, 3.8) is 0 Å². The van der Waals surface area contributed by atoms with Crippen LogP contribution in [0.1, 0.15) is 10.5 Å². The lowest BCUT2D eigenvalue weighted by atomic mass is 10.3. The lowest BCUT2D eigenvalue weighted by Gasteiger charge is -2.34. The van der Waals surface area contributed by atoms with Gasteiger partial charge in [-0.25, -0.2) is 18.4 Å². The summed E-state index contributed by atoms with van der Waals surface area (Å²) in [6, 6.07) is 6.31. The molecule has 7 nitrogen and oxygen atoms in total. The number of benzene rings is 1. The molecule has 1 aromatic carbocycles. The highest BCUT2D eigenvalue weighted by molar-refractivity contribution is 7.98. The Bertz CT molecular complexity index is 964. The number of aromatic nitrogens is 2. The predicted molar refractivity (Wildman–Crippen MR) is 105 cm³/mol. The fraction of sp³-hybridized carbons (Fsp3) is 0.312. The van der Waals surface area contributed by atoms with Crippen molar-refractivity contribution in [3.05, 3.63) is 46.2 Å². The molecule has 27 heavy (non-hydrogen) atoms. The summed E-state index contributed by atoms with van der Waals surface area (Å²) in [6.45, 7) is 0.795. The van der Waals surface area contributed by atoms with E-state index in [1.807, 2.05) is 0 Å². The Labute approximate surface area is 171 Å². The monoisotopic (exact) mass is 446 g/mol. The molecular formula is C16H16Cl2N4O3S2. The zero-order valence-electron chi connectivity index (χ0n) is 14.3. The van der Waals surface area contributed by atoms with Crippen molar-refractivity contribution in [1.29, 1.82) is 0 Å². The molecule has 1 saturated heterocycles. The topological polar surface area (TPSA) is 83.5 Å². The van der Waals surface area contributed by atoms with Crippen molar-refractivity contribution in [2.24, 2.45) is 0 Å². The summed E-state index contributed by atoms with van der Waals surface area (Å²) in [5.74, 6) is -0.340. The summed E-state index contributed by atoms with van der Waals surface area (Å²) < 4.78 is 26.9. The standard InChI is InChI=1S/C16H16Cl2N4O3S2/c1-26-16-19-10-12(18)14(20-16)15(23)21-6-8-22(9-7-21)27(24,25)13-5-3-2-4-11(13)17/h2-5,10H,6-9H2,1H3. The van der Waals surface area contributed by atoms with Gasteiger partial charge in [0.25, 0.3) is 5.91 Å². The molecule has 11 heteroatoms. The van der Waals surface area contributed by atoms with Gasteiger partial charge in [0.1, 0.15) is 4.90 Å². The highest BCUT2D eigenvalue weighted by Crippen LogP contribution is 2.25.